The number of benzene rings is 1. The molecule has 0 saturated carbocycles. The standard InChI is InChI=1S/C15H25NO2/c1-4-18-15-8-6-5-7-14(15)11-16-9-10-17-12-13(2)3/h5-8,13,16H,4,9-12H2,1-3H3. The second kappa shape index (κ2) is 8.95. The summed E-state index contributed by atoms with van der Waals surface area (Å²) < 4.78 is 11.1. The Bertz CT molecular complexity index is 326. The number of para-hydroxylation sites is 1. The van der Waals surface area contributed by atoms with Crippen LogP contribution in [0.5, 0.6) is 5.75 Å². The summed E-state index contributed by atoms with van der Waals surface area (Å²) in [5.41, 5.74) is 1.20. The Morgan fingerprint density at radius 2 is 2.00 bits per heavy atom. The molecule has 0 spiro atoms. The molecule has 0 heterocycles. The lowest BCUT2D eigenvalue weighted by Crippen LogP contribution is -2.20. The Balaban J connectivity index is 2.22. The zero-order chi connectivity index (χ0) is 13.2. The van der Waals surface area contributed by atoms with E-state index in [0.29, 0.717) is 12.5 Å². The molecule has 0 aliphatic rings. The molecule has 3 heteroatoms. The van der Waals surface area contributed by atoms with Gasteiger partial charge in [0.05, 0.1) is 13.2 Å². The molecule has 0 amide bonds. The Morgan fingerprint density at radius 1 is 1.22 bits per heavy atom. The predicted molar refractivity (Wildman–Crippen MR) is 75.0 cm³/mol. The SMILES string of the molecule is CCOc1ccccc1CNCCOCC(C)C. The van der Waals surface area contributed by atoms with Crippen molar-refractivity contribution in [3.8, 4) is 5.75 Å². The molecule has 102 valence electrons. The van der Waals surface area contributed by atoms with Gasteiger partial charge in [0.2, 0.25) is 0 Å². The molecule has 18 heavy (non-hydrogen) atoms. The van der Waals surface area contributed by atoms with E-state index in [1.54, 1.807) is 0 Å². The van der Waals surface area contributed by atoms with Gasteiger partial charge in [0.15, 0.2) is 0 Å². The van der Waals surface area contributed by atoms with Crippen LogP contribution in [-0.2, 0) is 11.3 Å². The number of rotatable bonds is 9. The molecule has 0 aliphatic carbocycles. The van der Waals surface area contributed by atoms with Gasteiger partial charge in [-0.15, -0.1) is 0 Å². The van der Waals surface area contributed by atoms with Gasteiger partial charge in [-0.1, -0.05) is 32.0 Å². The molecule has 0 aromatic heterocycles. The average Bonchev–Trinajstić information content (AvgIpc) is 2.35. The Morgan fingerprint density at radius 3 is 2.72 bits per heavy atom. The first-order valence-corrected chi connectivity index (χ1v) is 6.73. The fraction of sp³-hybridized carbons (Fsp3) is 0.600. The molecule has 0 atom stereocenters. The lowest BCUT2D eigenvalue weighted by Gasteiger charge is -2.11. The van der Waals surface area contributed by atoms with Crippen LogP contribution in [0.1, 0.15) is 26.3 Å². The fourth-order valence-corrected chi connectivity index (χ4v) is 1.63. The number of hydrogen-bond acceptors (Lipinski definition) is 3. The van der Waals surface area contributed by atoms with Crippen LogP contribution in [0.15, 0.2) is 24.3 Å². The quantitative estimate of drug-likeness (QED) is 0.685. The van der Waals surface area contributed by atoms with Crippen molar-refractivity contribution in [1.29, 1.82) is 0 Å². The highest BCUT2D eigenvalue weighted by atomic mass is 16.5. The van der Waals surface area contributed by atoms with Crippen LogP contribution in [0.2, 0.25) is 0 Å². The van der Waals surface area contributed by atoms with Gasteiger partial charge >= 0.3 is 0 Å². The molecule has 3 nitrogen and oxygen atoms in total. The van der Waals surface area contributed by atoms with E-state index >= 15 is 0 Å². The molecule has 0 bridgehead atoms. The summed E-state index contributed by atoms with van der Waals surface area (Å²) in [6.07, 6.45) is 0. The van der Waals surface area contributed by atoms with Gasteiger partial charge in [0, 0.05) is 25.3 Å². The smallest absolute Gasteiger partial charge is 0.123 e. The van der Waals surface area contributed by atoms with Crippen molar-refractivity contribution in [2.75, 3.05) is 26.4 Å². The van der Waals surface area contributed by atoms with Gasteiger partial charge < -0.3 is 14.8 Å². The predicted octanol–water partition coefficient (Wildman–Crippen LogP) is 2.85. The lowest BCUT2D eigenvalue weighted by molar-refractivity contribution is 0.111. The number of nitrogens with one attached hydrogen (secondary N) is 1. The second-order valence-electron chi connectivity index (χ2n) is 4.69. The van der Waals surface area contributed by atoms with E-state index in [4.69, 9.17) is 9.47 Å². The maximum atomic E-state index is 5.58. The highest BCUT2D eigenvalue weighted by molar-refractivity contribution is 5.33. The summed E-state index contributed by atoms with van der Waals surface area (Å²) in [6, 6.07) is 8.14. The van der Waals surface area contributed by atoms with Crippen molar-refractivity contribution < 1.29 is 9.47 Å². The summed E-state index contributed by atoms with van der Waals surface area (Å²) in [5, 5.41) is 3.37. The van der Waals surface area contributed by atoms with Crippen molar-refractivity contribution in [1.82, 2.24) is 5.32 Å². The van der Waals surface area contributed by atoms with Crippen molar-refractivity contribution in [3.05, 3.63) is 29.8 Å². The highest BCUT2D eigenvalue weighted by Crippen LogP contribution is 2.17. The molecule has 0 unspecified atom stereocenters. The molecule has 0 fully saturated rings. The van der Waals surface area contributed by atoms with Crippen molar-refractivity contribution >= 4 is 0 Å². The van der Waals surface area contributed by atoms with Gasteiger partial charge in [-0.05, 0) is 18.9 Å². The fourth-order valence-electron chi connectivity index (χ4n) is 1.63. The van der Waals surface area contributed by atoms with Gasteiger partial charge in [-0.25, -0.2) is 0 Å². The Hall–Kier alpha value is -1.06. The third-order valence-corrected chi connectivity index (χ3v) is 2.46. The van der Waals surface area contributed by atoms with E-state index in [0.717, 1.165) is 32.1 Å². The van der Waals surface area contributed by atoms with Crippen molar-refractivity contribution in [3.63, 3.8) is 0 Å². The first-order chi connectivity index (χ1) is 8.74. The topological polar surface area (TPSA) is 30.5 Å². The minimum atomic E-state index is 0.601. The van der Waals surface area contributed by atoms with Gasteiger partial charge in [-0.2, -0.15) is 0 Å². The van der Waals surface area contributed by atoms with E-state index < -0.39 is 0 Å². The number of hydrogen-bond donors (Lipinski definition) is 1. The van der Waals surface area contributed by atoms with E-state index in [1.165, 1.54) is 5.56 Å². The van der Waals surface area contributed by atoms with Gasteiger partial charge in [-0.3, -0.25) is 0 Å². The zero-order valence-electron chi connectivity index (χ0n) is 11.7. The highest BCUT2D eigenvalue weighted by Gasteiger charge is 2.01. The molecule has 0 aliphatic heterocycles. The maximum absolute atomic E-state index is 5.58. The summed E-state index contributed by atoms with van der Waals surface area (Å²) in [4.78, 5) is 0. The zero-order valence-corrected chi connectivity index (χ0v) is 11.7. The largest absolute Gasteiger partial charge is 0.494 e. The van der Waals surface area contributed by atoms with Crippen LogP contribution >= 0.6 is 0 Å². The average molecular weight is 251 g/mol. The van der Waals surface area contributed by atoms with Crippen LogP contribution in [0, 0.1) is 5.92 Å². The summed E-state index contributed by atoms with van der Waals surface area (Å²) >= 11 is 0. The third kappa shape index (κ3) is 6.03. The van der Waals surface area contributed by atoms with E-state index in [-0.39, 0.29) is 0 Å². The Kier molecular flexibility index (Phi) is 7.46. The van der Waals surface area contributed by atoms with Crippen LogP contribution in [0.3, 0.4) is 0 Å². The van der Waals surface area contributed by atoms with E-state index in [2.05, 4.69) is 25.2 Å². The molecule has 1 N–H and O–H groups in total. The normalized spacial score (nSPS) is 10.9. The monoisotopic (exact) mass is 251 g/mol. The van der Waals surface area contributed by atoms with Crippen LogP contribution in [0.4, 0.5) is 0 Å². The first-order valence-electron chi connectivity index (χ1n) is 6.73. The first kappa shape index (κ1) is 15.0. The molecule has 0 radical (unpaired) electrons. The molecule has 0 saturated heterocycles. The van der Waals surface area contributed by atoms with E-state index in [1.807, 2.05) is 25.1 Å². The molecular formula is C15H25NO2. The summed E-state index contributed by atoms with van der Waals surface area (Å²) in [7, 11) is 0. The molecule has 1 aromatic rings. The van der Waals surface area contributed by atoms with Crippen LogP contribution in [0.25, 0.3) is 0 Å². The van der Waals surface area contributed by atoms with Crippen LogP contribution in [-0.4, -0.2) is 26.4 Å². The molecule has 1 aromatic carbocycles. The van der Waals surface area contributed by atoms with Crippen LogP contribution < -0.4 is 10.1 Å². The van der Waals surface area contributed by atoms with Gasteiger partial charge in [0.25, 0.3) is 0 Å². The molecule has 1 rings (SSSR count). The maximum Gasteiger partial charge on any atom is 0.123 e. The van der Waals surface area contributed by atoms with Gasteiger partial charge in [0.1, 0.15) is 5.75 Å². The summed E-state index contributed by atoms with van der Waals surface area (Å²) in [5.74, 6) is 1.57. The summed E-state index contributed by atoms with van der Waals surface area (Å²) in [6.45, 7) is 10.3. The molecular weight excluding hydrogens is 226 g/mol. The van der Waals surface area contributed by atoms with Crippen molar-refractivity contribution in [2.24, 2.45) is 5.92 Å². The third-order valence-electron chi connectivity index (χ3n) is 2.46. The number of ether oxygens (including phenoxy) is 2. The minimum absolute atomic E-state index is 0.601. The lowest BCUT2D eigenvalue weighted by atomic mass is 10.2. The second-order valence-corrected chi connectivity index (χ2v) is 4.69. The van der Waals surface area contributed by atoms with E-state index in [9.17, 15) is 0 Å². The minimum Gasteiger partial charge on any atom is -0.494 e. The Labute approximate surface area is 110 Å². The van der Waals surface area contributed by atoms with Crippen molar-refractivity contribution in [2.45, 2.75) is 27.3 Å².